The van der Waals surface area contributed by atoms with Crippen LogP contribution in [0.3, 0.4) is 0 Å². The summed E-state index contributed by atoms with van der Waals surface area (Å²) >= 11 is 1.52. The summed E-state index contributed by atoms with van der Waals surface area (Å²) in [6, 6.07) is 6.15. The summed E-state index contributed by atoms with van der Waals surface area (Å²) < 4.78 is 13.3. The van der Waals surface area contributed by atoms with Crippen molar-refractivity contribution >= 4 is 17.7 Å². The molecule has 1 fully saturated rings. The van der Waals surface area contributed by atoms with E-state index in [4.69, 9.17) is 0 Å². The van der Waals surface area contributed by atoms with Crippen molar-refractivity contribution in [3.05, 3.63) is 35.6 Å². The molecule has 0 spiro atoms. The Hall–Kier alpha value is -1.07. The molecule has 20 heavy (non-hydrogen) atoms. The van der Waals surface area contributed by atoms with Crippen molar-refractivity contribution < 1.29 is 14.3 Å². The zero-order chi connectivity index (χ0) is 14.8. The lowest BCUT2D eigenvalue weighted by Gasteiger charge is -2.24. The third kappa shape index (κ3) is 2.99. The fraction of sp³-hybridized carbons (Fsp3) is 0.533. The number of hydrogen-bond donors (Lipinski definition) is 2. The standard InChI is InChI=1S/C15H20FNO2S/c1-10(13(9-18)20-2)17-14(19)15(6-7-15)11-4-3-5-12(16)8-11/h3-5,8,10,13,18H,6-7,9H2,1-2H3,(H,17,19). The van der Waals surface area contributed by atoms with Gasteiger partial charge in [0.05, 0.1) is 12.0 Å². The second-order valence-corrected chi connectivity index (χ2v) is 6.39. The van der Waals surface area contributed by atoms with Gasteiger partial charge in [-0.2, -0.15) is 11.8 Å². The van der Waals surface area contributed by atoms with E-state index in [0.717, 1.165) is 18.4 Å². The van der Waals surface area contributed by atoms with Gasteiger partial charge in [0.25, 0.3) is 0 Å². The predicted octanol–water partition coefficient (Wildman–Crippen LogP) is 2.09. The van der Waals surface area contributed by atoms with E-state index in [-0.39, 0.29) is 29.6 Å². The number of rotatable bonds is 6. The Morgan fingerprint density at radius 1 is 1.55 bits per heavy atom. The lowest BCUT2D eigenvalue weighted by molar-refractivity contribution is -0.124. The zero-order valence-electron chi connectivity index (χ0n) is 11.7. The fourth-order valence-electron chi connectivity index (χ4n) is 2.43. The molecule has 0 aromatic heterocycles. The maximum Gasteiger partial charge on any atom is 0.230 e. The summed E-state index contributed by atoms with van der Waals surface area (Å²) in [7, 11) is 0. The third-order valence-electron chi connectivity index (χ3n) is 3.96. The minimum Gasteiger partial charge on any atom is -0.395 e. The summed E-state index contributed by atoms with van der Waals surface area (Å²) in [4.78, 5) is 12.5. The number of amides is 1. The molecule has 2 atom stereocenters. The molecule has 1 aromatic carbocycles. The van der Waals surface area contributed by atoms with Crippen molar-refractivity contribution in [1.29, 1.82) is 0 Å². The molecule has 2 rings (SSSR count). The van der Waals surface area contributed by atoms with Gasteiger partial charge in [0.15, 0.2) is 0 Å². The molecule has 1 aliphatic rings. The van der Waals surface area contributed by atoms with Crippen LogP contribution in [0.15, 0.2) is 24.3 Å². The lowest BCUT2D eigenvalue weighted by Crippen LogP contribution is -2.45. The van der Waals surface area contributed by atoms with Crippen LogP contribution < -0.4 is 5.32 Å². The third-order valence-corrected chi connectivity index (χ3v) is 5.12. The highest BCUT2D eigenvalue weighted by Gasteiger charge is 2.51. The van der Waals surface area contributed by atoms with Crippen molar-refractivity contribution in [3.8, 4) is 0 Å². The molecule has 110 valence electrons. The predicted molar refractivity (Wildman–Crippen MR) is 79.3 cm³/mol. The Kier molecular flexibility index (Phi) is 4.70. The number of nitrogens with one attached hydrogen (secondary N) is 1. The van der Waals surface area contributed by atoms with Crippen LogP contribution in [0.25, 0.3) is 0 Å². The second kappa shape index (κ2) is 6.14. The van der Waals surface area contributed by atoms with E-state index in [2.05, 4.69) is 5.32 Å². The van der Waals surface area contributed by atoms with E-state index in [1.807, 2.05) is 13.2 Å². The van der Waals surface area contributed by atoms with Gasteiger partial charge >= 0.3 is 0 Å². The van der Waals surface area contributed by atoms with Crippen molar-refractivity contribution in [2.75, 3.05) is 12.9 Å². The van der Waals surface area contributed by atoms with Crippen LogP contribution in [-0.2, 0) is 10.2 Å². The average molecular weight is 297 g/mol. The van der Waals surface area contributed by atoms with Gasteiger partial charge in [-0.25, -0.2) is 4.39 Å². The van der Waals surface area contributed by atoms with E-state index >= 15 is 0 Å². The van der Waals surface area contributed by atoms with Gasteiger partial charge in [-0.3, -0.25) is 4.79 Å². The SMILES string of the molecule is CSC(CO)C(C)NC(=O)C1(c2cccc(F)c2)CC1. The van der Waals surface area contributed by atoms with Gasteiger partial charge in [-0.15, -0.1) is 0 Å². The Morgan fingerprint density at radius 2 is 2.25 bits per heavy atom. The summed E-state index contributed by atoms with van der Waals surface area (Å²) in [5, 5.41) is 12.2. The summed E-state index contributed by atoms with van der Waals surface area (Å²) in [5.41, 5.74) is 0.168. The molecule has 5 heteroatoms. The van der Waals surface area contributed by atoms with Crippen LogP contribution >= 0.6 is 11.8 Å². The first kappa shape index (κ1) is 15.3. The number of halogens is 1. The van der Waals surface area contributed by atoms with E-state index in [1.165, 1.54) is 23.9 Å². The molecule has 0 heterocycles. The number of aliphatic hydroxyl groups is 1. The monoisotopic (exact) mass is 297 g/mol. The van der Waals surface area contributed by atoms with Crippen molar-refractivity contribution in [2.24, 2.45) is 0 Å². The molecular formula is C15H20FNO2S. The normalized spacial score (nSPS) is 19.2. The summed E-state index contributed by atoms with van der Waals surface area (Å²) in [5.74, 6) is -0.380. The van der Waals surface area contributed by atoms with E-state index in [9.17, 15) is 14.3 Å². The topological polar surface area (TPSA) is 49.3 Å². The molecule has 0 bridgehead atoms. The fourth-order valence-corrected chi connectivity index (χ4v) is 3.06. The maximum absolute atomic E-state index is 13.3. The van der Waals surface area contributed by atoms with Crippen LogP contribution in [0.1, 0.15) is 25.3 Å². The quantitative estimate of drug-likeness (QED) is 0.845. The molecule has 1 aromatic rings. The largest absolute Gasteiger partial charge is 0.395 e. The number of carbonyl (C=O) groups excluding carboxylic acids is 1. The average Bonchev–Trinajstić information content (AvgIpc) is 3.21. The van der Waals surface area contributed by atoms with Crippen LogP contribution in [0, 0.1) is 5.82 Å². The van der Waals surface area contributed by atoms with Crippen LogP contribution in [0.4, 0.5) is 4.39 Å². The molecule has 1 amide bonds. The van der Waals surface area contributed by atoms with E-state index in [0.29, 0.717) is 0 Å². The van der Waals surface area contributed by atoms with Gasteiger partial charge in [-0.1, -0.05) is 12.1 Å². The number of benzene rings is 1. The molecule has 0 aliphatic heterocycles. The number of hydrogen-bond acceptors (Lipinski definition) is 3. The number of carbonyl (C=O) groups is 1. The number of thioether (sulfide) groups is 1. The van der Waals surface area contributed by atoms with E-state index in [1.54, 1.807) is 12.1 Å². The molecule has 2 N–H and O–H groups in total. The van der Waals surface area contributed by atoms with Gasteiger partial charge in [0.1, 0.15) is 5.82 Å². The van der Waals surface area contributed by atoms with Crippen molar-refractivity contribution in [2.45, 2.75) is 36.5 Å². The smallest absolute Gasteiger partial charge is 0.230 e. The molecule has 0 saturated heterocycles. The Bertz CT molecular complexity index is 487. The van der Waals surface area contributed by atoms with Crippen LogP contribution in [-0.4, -0.2) is 35.2 Å². The molecular weight excluding hydrogens is 277 g/mol. The highest BCUT2D eigenvalue weighted by Crippen LogP contribution is 2.48. The second-order valence-electron chi connectivity index (χ2n) is 5.31. The summed E-state index contributed by atoms with van der Waals surface area (Å²) in [6.07, 6.45) is 3.40. The first-order valence-electron chi connectivity index (χ1n) is 6.74. The van der Waals surface area contributed by atoms with Crippen molar-refractivity contribution in [1.82, 2.24) is 5.32 Å². The van der Waals surface area contributed by atoms with Crippen molar-refractivity contribution in [3.63, 3.8) is 0 Å². The minimum absolute atomic E-state index is 0.0234. The lowest BCUT2D eigenvalue weighted by atomic mass is 9.94. The minimum atomic E-state index is -0.575. The zero-order valence-corrected chi connectivity index (χ0v) is 12.5. The van der Waals surface area contributed by atoms with Gasteiger partial charge in [0.2, 0.25) is 5.91 Å². The van der Waals surface area contributed by atoms with Gasteiger partial charge in [-0.05, 0) is 43.7 Å². The van der Waals surface area contributed by atoms with E-state index < -0.39 is 5.41 Å². The Morgan fingerprint density at radius 3 is 2.75 bits per heavy atom. The molecule has 0 radical (unpaired) electrons. The maximum atomic E-state index is 13.3. The summed E-state index contributed by atoms with van der Waals surface area (Å²) in [6.45, 7) is 1.91. The van der Waals surface area contributed by atoms with Gasteiger partial charge < -0.3 is 10.4 Å². The number of aliphatic hydroxyl groups excluding tert-OH is 1. The molecule has 3 nitrogen and oxygen atoms in total. The molecule has 1 aliphatic carbocycles. The first-order valence-corrected chi connectivity index (χ1v) is 8.03. The van der Waals surface area contributed by atoms with Gasteiger partial charge in [0, 0.05) is 11.3 Å². The Balaban J connectivity index is 2.09. The highest BCUT2D eigenvalue weighted by atomic mass is 32.2. The highest BCUT2D eigenvalue weighted by molar-refractivity contribution is 7.99. The molecule has 2 unspecified atom stereocenters. The Labute approximate surface area is 123 Å². The first-order chi connectivity index (χ1) is 9.53. The molecule has 1 saturated carbocycles. The van der Waals surface area contributed by atoms with Crippen LogP contribution in [0.5, 0.6) is 0 Å². The van der Waals surface area contributed by atoms with Crippen LogP contribution in [0.2, 0.25) is 0 Å².